The van der Waals surface area contributed by atoms with E-state index in [-0.39, 0.29) is 30.0 Å². The van der Waals surface area contributed by atoms with E-state index in [1.54, 1.807) is 19.0 Å². The van der Waals surface area contributed by atoms with Gasteiger partial charge in [-0.25, -0.2) is 8.42 Å². The van der Waals surface area contributed by atoms with Crippen molar-refractivity contribution in [2.75, 3.05) is 45.3 Å². The number of ether oxygens (including phenoxy) is 1. The molecule has 1 aromatic carbocycles. The van der Waals surface area contributed by atoms with Gasteiger partial charge in [-0.05, 0) is 32.0 Å². The summed E-state index contributed by atoms with van der Waals surface area (Å²) in [4.78, 5) is 15.7. The molecule has 1 amide bonds. The van der Waals surface area contributed by atoms with Gasteiger partial charge in [0.25, 0.3) is 0 Å². The zero-order valence-electron chi connectivity index (χ0n) is 14.6. The number of likely N-dealkylation sites (N-methyl/N-ethyl adjacent to an activating group) is 2. The maximum Gasteiger partial charge on any atom is 0.236 e. The van der Waals surface area contributed by atoms with Crippen LogP contribution in [0.2, 0.25) is 0 Å². The van der Waals surface area contributed by atoms with Crippen LogP contribution in [0.3, 0.4) is 0 Å². The molecule has 1 fully saturated rings. The molecule has 0 aromatic heterocycles. The lowest BCUT2D eigenvalue weighted by Crippen LogP contribution is -2.42. The van der Waals surface area contributed by atoms with Crippen molar-refractivity contribution in [3.05, 3.63) is 29.8 Å². The highest BCUT2D eigenvalue weighted by molar-refractivity contribution is 7.91. The van der Waals surface area contributed by atoms with Gasteiger partial charge < -0.3 is 9.64 Å². The minimum atomic E-state index is -2.93. The molecule has 2 rings (SSSR count). The number of carbonyl (C=O) groups is 1. The first-order valence-corrected chi connectivity index (χ1v) is 9.94. The second kappa shape index (κ2) is 7.98. The van der Waals surface area contributed by atoms with Crippen LogP contribution in [0.15, 0.2) is 24.3 Å². The van der Waals surface area contributed by atoms with Crippen LogP contribution in [-0.4, -0.2) is 75.5 Å². The Morgan fingerprint density at radius 2 is 2.00 bits per heavy atom. The smallest absolute Gasteiger partial charge is 0.236 e. The summed E-state index contributed by atoms with van der Waals surface area (Å²) in [7, 11) is 0.613. The fraction of sp³-hybridized carbons (Fsp3) is 0.588. The van der Waals surface area contributed by atoms with Crippen LogP contribution >= 0.6 is 0 Å². The van der Waals surface area contributed by atoms with E-state index in [2.05, 4.69) is 0 Å². The van der Waals surface area contributed by atoms with Gasteiger partial charge in [0.2, 0.25) is 5.91 Å². The monoisotopic (exact) mass is 354 g/mol. The highest BCUT2D eigenvalue weighted by Gasteiger charge is 2.31. The van der Waals surface area contributed by atoms with Crippen molar-refractivity contribution in [2.24, 2.45) is 0 Å². The minimum absolute atomic E-state index is 0.0322. The molecule has 134 valence electrons. The molecule has 0 N–H and O–H groups in total. The van der Waals surface area contributed by atoms with Gasteiger partial charge in [0, 0.05) is 13.1 Å². The minimum Gasteiger partial charge on any atom is -0.491 e. The molecule has 0 radical (unpaired) electrons. The van der Waals surface area contributed by atoms with Gasteiger partial charge in [0.15, 0.2) is 9.84 Å². The average Bonchev–Trinajstić information content (AvgIpc) is 2.89. The highest BCUT2D eigenvalue weighted by atomic mass is 32.2. The van der Waals surface area contributed by atoms with E-state index < -0.39 is 9.84 Å². The van der Waals surface area contributed by atoms with Gasteiger partial charge >= 0.3 is 0 Å². The number of carbonyl (C=O) groups excluding carboxylic acids is 1. The zero-order chi connectivity index (χ0) is 17.7. The fourth-order valence-electron chi connectivity index (χ4n) is 2.72. The summed E-state index contributed by atoms with van der Waals surface area (Å²) in [5, 5.41) is 0. The summed E-state index contributed by atoms with van der Waals surface area (Å²) in [6.07, 6.45) is 0.603. The molecule has 1 heterocycles. The van der Waals surface area contributed by atoms with Gasteiger partial charge in [-0.2, -0.15) is 0 Å². The van der Waals surface area contributed by atoms with Gasteiger partial charge in [0.05, 0.1) is 24.6 Å². The van der Waals surface area contributed by atoms with Crippen LogP contribution in [0.5, 0.6) is 5.75 Å². The van der Waals surface area contributed by atoms with E-state index in [0.29, 0.717) is 19.6 Å². The summed E-state index contributed by atoms with van der Waals surface area (Å²) in [5.74, 6) is 1.16. The number of benzene rings is 1. The third-order valence-corrected chi connectivity index (χ3v) is 6.17. The van der Waals surface area contributed by atoms with Crippen molar-refractivity contribution in [1.29, 1.82) is 0 Å². The van der Waals surface area contributed by atoms with Gasteiger partial charge in [-0.1, -0.05) is 18.2 Å². The Morgan fingerprint density at radius 1 is 1.29 bits per heavy atom. The quantitative estimate of drug-likeness (QED) is 0.729. The SMILES string of the molecule is Cc1ccccc1OCCN(C)C(=O)CN(C)[C@@H]1CCS(=O)(=O)C1. The highest BCUT2D eigenvalue weighted by Crippen LogP contribution is 2.17. The molecule has 0 unspecified atom stereocenters. The molecular formula is C17H26N2O4S. The van der Waals surface area contributed by atoms with E-state index in [9.17, 15) is 13.2 Å². The Hall–Kier alpha value is -1.60. The van der Waals surface area contributed by atoms with Crippen molar-refractivity contribution in [2.45, 2.75) is 19.4 Å². The summed E-state index contributed by atoms with van der Waals surface area (Å²) in [6.45, 7) is 3.12. The van der Waals surface area contributed by atoms with Gasteiger partial charge in [-0.15, -0.1) is 0 Å². The Labute approximate surface area is 144 Å². The van der Waals surface area contributed by atoms with Crippen molar-refractivity contribution in [3.8, 4) is 5.75 Å². The van der Waals surface area contributed by atoms with Crippen molar-refractivity contribution in [1.82, 2.24) is 9.80 Å². The number of aryl methyl sites for hydroxylation is 1. The molecule has 1 aliphatic rings. The second-order valence-corrected chi connectivity index (χ2v) is 8.63. The number of nitrogens with zero attached hydrogens (tertiary/aromatic N) is 2. The summed E-state index contributed by atoms with van der Waals surface area (Å²) >= 11 is 0. The molecule has 0 aliphatic carbocycles. The molecule has 1 atom stereocenters. The van der Waals surface area contributed by atoms with Crippen molar-refractivity contribution < 1.29 is 17.9 Å². The number of hydrogen-bond donors (Lipinski definition) is 0. The normalized spacial score (nSPS) is 19.4. The lowest BCUT2D eigenvalue weighted by atomic mass is 10.2. The van der Waals surface area contributed by atoms with E-state index in [1.165, 1.54) is 0 Å². The third-order valence-electron chi connectivity index (χ3n) is 4.42. The van der Waals surface area contributed by atoms with Crippen LogP contribution in [0.4, 0.5) is 0 Å². The summed E-state index contributed by atoms with van der Waals surface area (Å²) in [5.41, 5.74) is 1.06. The third kappa shape index (κ3) is 5.21. The molecule has 7 heteroatoms. The number of sulfone groups is 1. The van der Waals surface area contributed by atoms with Crippen LogP contribution in [0, 0.1) is 6.92 Å². The zero-order valence-corrected chi connectivity index (χ0v) is 15.4. The molecule has 1 aromatic rings. The summed E-state index contributed by atoms with van der Waals surface area (Å²) < 4.78 is 28.8. The average molecular weight is 354 g/mol. The molecule has 1 saturated heterocycles. The number of amides is 1. The Morgan fingerprint density at radius 3 is 2.62 bits per heavy atom. The molecular weight excluding hydrogens is 328 g/mol. The standard InChI is InChI=1S/C17H26N2O4S/c1-14-6-4-5-7-16(14)23-10-9-18(2)17(20)12-19(3)15-8-11-24(21,22)13-15/h4-7,15H,8-13H2,1-3H3/t15-/m1/s1. The van der Waals surface area contributed by atoms with Gasteiger partial charge in [-0.3, -0.25) is 9.69 Å². The fourth-order valence-corrected chi connectivity index (χ4v) is 4.53. The van der Waals surface area contributed by atoms with Crippen molar-refractivity contribution >= 4 is 15.7 Å². The topological polar surface area (TPSA) is 66.9 Å². The predicted octanol–water partition coefficient (Wildman–Crippen LogP) is 0.951. The van der Waals surface area contributed by atoms with Crippen LogP contribution < -0.4 is 4.74 Å². The maximum atomic E-state index is 12.3. The second-order valence-electron chi connectivity index (χ2n) is 6.40. The van der Waals surface area contributed by atoms with Crippen LogP contribution in [0.1, 0.15) is 12.0 Å². The first-order chi connectivity index (χ1) is 11.3. The Bertz CT molecular complexity index is 675. The molecule has 6 nitrogen and oxygen atoms in total. The molecule has 24 heavy (non-hydrogen) atoms. The van der Waals surface area contributed by atoms with E-state index >= 15 is 0 Å². The Kier molecular flexibility index (Phi) is 6.23. The maximum absolute atomic E-state index is 12.3. The van der Waals surface area contributed by atoms with E-state index in [4.69, 9.17) is 4.74 Å². The molecule has 0 bridgehead atoms. The van der Waals surface area contributed by atoms with E-state index in [0.717, 1.165) is 11.3 Å². The van der Waals surface area contributed by atoms with E-state index in [1.807, 2.05) is 36.1 Å². The van der Waals surface area contributed by atoms with Crippen molar-refractivity contribution in [3.63, 3.8) is 0 Å². The molecule has 0 spiro atoms. The van der Waals surface area contributed by atoms with Gasteiger partial charge in [0.1, 0.15) is 12.4 Å². The lowest BCUT2D eigenvalue weighted by Gasteiger charge is -2.25. The van der Waals surface area contributed by atoms with Crippen LogP contribution in [-0.2, 0) is 14.6 Å². The number of hydrogen-bond acceptors (Lipinski definition) is 5. The first kappa shape index (κ1) is 18.7. The molecule has 1 aliphatic heterocycles. The largest absolute Gasteiger partial charge is 0.491 e. The van der Waals surface area contributed by atoms with Crippen LogP contribution in [0.25, 0.3) is 0 Å². The number of para-hydroxylation sites is 1. The first-order valence-electron chi connectivity index (χ1n) is 8.11. The predicted molar refractivity (Wildman–Crippen MR) is 94.0 cm³/mol. The Balaban J connectivity index is 1.75. The lowest BCUT2D eigenvalue weighted by molar-refractivity contribution is -0.131. The molecule has 0 saturated carbocycles. The number of rotatable bonds is 7. The summed E-state index contributed by atoms with van der Waals surface area (Å²) in [6, 6.07) is 7.70.